The van der Waals surface area contributed by atoms with Crippen LogP contribution in [0.2, 0.25) is 0 Å². The molecule has 1 aromatic heterocycles. The van der Waals surface area contributed by atoms with E-state index in [1.165, 1.54) is 29.6 Å². The zero-order valence-electron chi connectivity index (χ0n) is 17.1. The summed E-state index contributed by atoms with van der Waals surface area (Å²) in [6, 6.07) is 13.9. The van der Waals surface area contributed by atoms with E-state index in [1.54, 1.807) is 23.1 Å². The van der Waals surface area contributed by atoms with Gasteiger partial charge in [-0.25, -0.2) is 0 Å². The van der Waals surface area contributed by atoms with Gasteiger partial charge in [-0.1, -0.05) is 35.6 Å². The van der Waals surface area contributed by atoms with Crippen molar-refractivity contribution in [3.8, 4) is 0 Å². The number of aryl methyl sites for hydroxylation is 1. The SMILES string of the molecule is Cc1cccc(N2CC(c3nnc(NC(=O)/C=C/c4ccccc4[N+](=O)[O-])s3)CC2=O)c1. The summed E-state index contributed by atoms with van der Waals surface area (Å²) in [4.78, 5) is 37.0. The monoisotopic (exact) mass is 449 g/mol. The third-order valence-electron chi connectivity index (χ3n) is 5.01. The van der Waals surface area contributed by atoms with Crippen molar-refractivity contribution in [1.29, 1.82) is 0 Å². The number of aromatic nitrogens is 2. The van der Waals surface area contributed by atoms with Crippen LogP contribution in [0.4, 0.5) is 16.5 Å². The van der Waals surface area contributed by atoms with Crippen LogP contribution < -0.4 is 10.2 Å². The number of nitro benzene ring substituents is 1. The lowest BCUT2D eigenvalue weighted by atomic mass is 10.1. The summed E-state index contributed by atoms with van der Waals surface area (Å²) in [5.74, 6) is -0.558. The number of anilines is 2. The van der Waals surface area contributed by atoms with E-state index < -0.39 is 10.8 Å². The second kappa shape index (κ2) is 9.06. The van der Waals surface area contributed by atoms with Gasteiger partial charge in [0.2, 0.25) is 16.9 Å². The molecule has 1 aliphatic rings. The van der Waals surface area contributed by atoms with Crippen LogP contribution in [0, 0.1) is 17.0 Å². The molecule has 0 radical (unpaired) electrons. The van der Waals surface area contributed by atoms with E-state index in [9.17, 15) is 19.7 Å². The first-order valence-corrected chi connectivity index (χ1v) is 10.7. The largest absolute Gasteiger partial charge is 0.312 e. The highest BCUT2D eigenvalue weighted by Crippen LogP contribution is 2.34. The molecule has 0 aliphatic carbocycles. The minimum Gasteiger partial charge on any atom is -0.312 e. The molecule has 1 saturated heterocycles. The minimum absolute atomic E-state index is 0.0220. The molecule has 0 saturated carbocycles. The predicted octanol–water partition coefficient (Wildman–Crippen LogP) is 3.93. The zero-order valence-corrected chi connectivity index (χ0v) is 17.9. The van der Waals surface area contributed by atoms with Gasteiger partial charge < -0.3 is 4.90 Å². The molecule has 2 heterocycles. The fraction of sp³-hybridized carbons (Fsp3) is 0.182. The van der Waals surface area contributed by atoms with Gasteiger partial charge in [0.05, 0.1) is 10.5 Å². The topological polar surface area (TPSA) is 118 Å². The predicted molar refractivity (Wildman–Crippen MR) is 122 cm³/mol. The Morgan fingerprint density at radius 2 is 2.06 bits per heavy atom. The molecule has 9 nitrogen and oxygen atoms in total. The average Bonchev–Trinajstić information content (AvgIpc) is 3.39. The molecule has 1 aliphatic heterocycles. The van der Waals surface area contributed by atoms with Gasteiger partial charge in [0.1, 0.15) is 5.01 Å². The number of nitrogens with one attached hydrogen (secondary N) is 1. The molecule has 1 atom stereocenters. The van der Waals surface area contributed by atoms with Gasteiger partial charge in [0, 0.05) is 36.7 Å². The molecular formula is C22H19N5O4S. The van der Waals surface area contributed by atoms with Crippen molar-refractivity contribution in [2.45, 2.75) is 19.3 Å². The Kier molecular flexibility index (Phi) is 6.04. The van der Waals surface area contributed by atoms with Crippen LogP contribution >= 0.6 is 11.3 Å². The summed E-state index contributed by atoms with van der Waals surface area (Å²) in [5, 5.41) is 22.8. The Labute approximate surface area is 187 Å². The summed E-state index contributed by atoms with van der Waals surface area (Å²) in [7, 11) is 0. The minimum atomic E-state index is -0.502. The maximum Gasteiger partial charge on any atom is 0.276 e. The fourth-order valence-electron chi connectivity index (χ4n) is 3.48. The van der Waals surface area contributed by atoms with Crippen molar-refractivity contribution in [1.82, 2.24) is 10.2 Å². The van der Waals surface area contributed by atoms with Crippen LogP contribution in [-0.2, 0) is 9.59 Å². The fourth-order valence-corrected chi connectivity index (χ4v) is 4.31. The van der Waals surface area contributed by atoms with Crippen molar-refractivity contribution < 1.29 is 14.5 Å². The lowest BCUT2D eigenvalue weighted by Gasteiger charge is -2.16. The summed E-state index contributed by atoms with van der Waals surface area (Å²) >= 11 is 1.22. The average molecular weight is 449 g/mol. The van der Waals surface area contributed by atoms with Gasteiger partial charge in [-0.2, -0.15) is 0 Å². The first-order chi connectivity index (χ1) is 15.4. The maximum absolute atomic E-state index is 12.5. The number of para-hydroxylation sites is 1. The summed E-state index contributed by atoms with van der Waals surface area (Å²) in [6.45, 7) is 2.48. The Morgan fingerprint density at radius 1 is 1.25 bits per heavy atom. The molecule has 32 heavy (non-hydrogen) atoms. The summed E-state index contributed by atoms with van der Waals surface area (Å²) in [5.41, 5.74) is 2.18. The van der Waals surface area contributed by atoms with E-state index in [1.807, 2.05) is 31.2 Å². The molecule has 4 rings (SSSR count). The molecule has 1 fully saturated rings. The number of benzene rings is 2. The van der Waals surface area contributed by atoms with Crippen LogP contribution in [-0.4, -0.2) is 33.5 Å². The summed E-state index contributed by atoms with van der Waals surface area (Å²) in [6.07, 6.45) is 2.92. The third-order valence-corrected chi connectivity index (χ3v) is 6.01. The zero-order chi connectivity index (χ0) is 22.7. The van der Waals surface area contributed by atoms with Crippen molar-refractivity contribution >= 4 is 45.7 Å². The summed E-state index contributed by atoms with van der Waals surface area (Å²) < 4.78 is 0. The van der Waals surface area contributed by atoms with E-state index in [0.29, 0.717) is 28.7 Å². The Balaban J connectivity index is 1.41. The molecule has 1 N–H and O–H groups in total. The lowest BCUT2D eigenvalue weighted by molar-refractivity contribution is -0.385. The number of carbonyl (C=O) groups is 2. The highest BCUT2D eigenvalue weighted by atomic mass is 32.1. The number of nitrogens with zero attached hydrogens (tertiary/aromatic N) is 4. The molecule has 10 heteroatoms. The van der Waals surface area contributed by atoms with E-state index in [0.717, 1.165) is 11.3 Å². The molecule has 2 aromatic carbocycles. The normalized spacial score (nSPS) is 16.0. The smallest absolute Gasteiger partial charge is 0.276 e. The van der Waals surface area contributed by atoms with Crippen LogP contribution in [0.15, 0.2) is 54.6 Å². The number of rotatable bonds is 6. The van der Waals surface area contributed by atoms with Gasteiger partial charge in [0.25, 0.3) is 5.69 Å². The standard InChI is InChI=1S/C22H19N5O4S/c1-14-5-4-7-17(11-14)26-13-16(12-20(26)29)21-24-25-22(32-21)23-19(28)10-9-15-6-2-3-8-18(15)27(30)31/h2-11,16H,12-13H2,1H3,(H,23,25,28)/b10-9+. The van der Waals surface area contributed by atoms with Gasteiger partial charge >= 0.3 is 0 Å². The second-order valence-electron chi connectivity index (χ2n) is 7.33. The molecule has 0 spiro atoms. The Morgan fingerprint density at radius 3 is 2.84 bits per heavy atom. The number of hydrogen-bond acceptors (Lipinski definition) is 7. The highest BCUT2D eigenvalue weighted by Gasteiger charge is 2.34. The second-order valence-corrected chi connectivity index (χ2v) is 8.34. The first kappa shape index (κ1) is 21.3. The third kappa shape index (κ3) is 4.70. The highest BCUT2D eigenvalue weighted by molar-refractivity contribution is 7.15. The van der Waals surface area contributed by atoms with Crippen LogP contribution in [0.25, 0.3) is 6.08 Å². The number of nitro groups is 1. The van der Waals surface area contributed by atoms with Gasteiger partial charge in [-0.15, -0.1) is 10.2 Å². The number of carbonyl (C=O) groups excluding carboxylic acids is 2. The lowest BCUT2D eigenvalue weighted by Crippen LogP contribution is -2.24. The van der Waals surface area contributed by atoms with Crippen LogP contribution in [0.3, 0.4) is 0 Å². The van der Waals surface area contributed by atoms with Gasteiger partial charge in [-0.3, -0.25) is 25.0 Å². The molecule has 3 aromatic rings. The van der Waals surface area contributed by atoms with E-state index in [4.69, 9.17) is 0 Å². The van der Waals surface area contributed by atoms with E-state index in [-0.39, 0.29) is 17.5 Å². The van der Waals surface area contributed by atoms with Crippen molar-refractivity contribution in [2.75, 3.05) is 16.8 Å². The number of hydrogen-bond donors (Lipinski definition) is 1. The molecule has 0 bridgehead atoms. The quantitative estimate of drug-likeness (QED) is 0.346. The van der Waals surface area contributed by atoms with Gasteiger partial charge in [-0.05, 0) is 36.8 Å². The van der Waals surface area contributed by atoms with Crippen molar-refractivity contribution in [3.63, 3.8) is 0 Å². The van der Waals surface area contributed by atoms with Crippen LogP contribution in [0.1, 0.15) is 28.5 Å². The van der Waals surface area contributed by atoms with Gasteiger partial charge in [0.15, 0.2) is 0 Å². The maximum atomic E-state index is 12.5. The molecular weight excluding hydrogens is 430 g/mol. The van der Waals surface area contributed by atoms with Crippen molar-refractivity contribution in [2.24, 2.45) is 0 Å². The van der Waals surface area contributed by atoms with E-state index in [2.05, 4.69) is 15.5 Å². The Bertz CT molecular complexity index is 1220. The van der Waals surface area contributed by atoms with Crippen LogP contribution in [0.5, 0.6) is 0 Å². The Hall–Kier alpha value is -3.92. The first-order valence-electron chi connectivity index (χ1n) is 9.83. The molecule has 162 valence electrons. The van der Waals surface area contributed by atoms with Crippen molar-refractivity contribution in [3.05, 3.63) is 80.9 Å². The molecule has 2 amide bonds. The molecule has 1 unspecified atom stereocenters. The van der Waals surface area contributed by atoms with E-state index >= 15 is 0 Å². The number of amides is 2.